The maximum Gasteiger partial charge on any atom is 0.291 e. The van der Waals surface area contributed by atoms with Gasteiger partial charge in [-0.1, -0.05) is 11.6 Å². The molecular formula is C19H22ClN4O4+. The van der Waals surface area contributed by atoms with E-state index < -0.39 is 40.8 Å². The van der Waals surface area contributed by atoms with Crippen LogP contribution in [-0.2, 0) is 24.7 Å². The highest BCUT2D eigenvalue weighted by Crippen LogP contribution is 2.50. The maximum atomic E-state index is 13.4. The van der Waals surface area contributed by atoms with Crippen LogP contribution in [0.1, 0.15) is 32.8 Å². The molecule has 3 aliphatic heterocycles. The minimum atomic E-state index is -1.35. The molecule has 4 rings (SSSR count). The van der Waals surface area contributed by atoms with Gasteiger partial charge in [0.05, 0.1) is 12.1 Å². The third-order valence-electron chi connectivity index (χ3n) is 5.94. The Labute approximate surface area is 166 Å². The molecular weight excluding hydrogens is 384 g/mol. The number of hydrogen-bond donors (Lipinski definition) is 3. The van der Waals surface area contributed by atoms with Gasteiger partial charge in [-0.3, -0.25) is 24.1 Å². The highest BCUT2D eigenvalue weighted by molar-refractivity contribution is 6.31. The van der Waals surface area contributed by atoms with Crippen molar-refractivity contribution in [2.24, 2.45) is 17.6 Å². The number of nitrogens with two attached hydrogens (primary N) is 2. The smallest absolute Gasteiger partial charge is 0.291 e. The van der Waals surface area contributed by atoms with Crippen molar-refractivity contribution in [2.45, 2.75) is 44.3 Å². The summed E-state index contributed by atoms with van der Waals surface area (Å²) in [7, 11) is 0. The number of likely N-dealkylation sites (tertiary alicyclic amines) is 1. The molecule has 28 heavy (non-hydrogen) atoms. The SMILES string of the molecule is CC(C)(C)N1C(=O)[C@@H]2[C@H](CC(N)=O)[NH2+][C@@]3(C(=O)Nc4ccc(Cl)cc43)[C@@H]2C1=O. The van der Waals surface area contributed by atoms with Crippen molar-refractivity contribution in [3.05, 3.63) is 28.8 Å². The van der Waals surface area contributed by atoms with Gasteiger partial charge in [-0.2, -0.15) is 0 Å². The van der Waals surface area contributed by atoms with E-state index in [0.717, 1.165) is 0 Å². The van der Waals surface area contributed by atoms with Crippen LogP contribution >= 0.6 is 11.6 Å². The first-order chi connectivity index (χ1) is 13.0. The quantitative estimate of drug-likeness (QED) is 0.584. The van der Waals surface area contributed by atoms with Crippen molar-refractivity contribution in [3.63, 3.8) is 0 Å². The third-order valence-corrected chi connectivity index (χ3v) is 6.17. The van der Waals surface area contributed by atoms with Gasteiger partial charge < -0.3 is 16.4 Å². The van der Waals surface area contributed by atoms with Crippen LogP contribution in [0.25, 0.3) is 0 Å². The van der Waals surface area contributed by atoms with Crippen LogP contribution in [0.4, 0.5) is 5.69 Å². The van der Waals surface area contributed by atoms with Crippen molar-refractivity contribution in [2.75, 3.05) is 5.32 Å². The zero-order chi connectivity index (χ0) is 20.6. The van der Waals surface area contributed by atoms with Gasteiger partial charge in [0.1, 0.15) is 17.9 Å². The Morgan fingerprint density at radius 2 is 1.96 bits per heavy atom. The van der Waals surface area contributed by atoms with Gasteiger partial charge >= 0.3 is 0 Å². The second-order valence-electron chi connectivity index (χ2n) is 8.70. The van der Waals surface area contributed by atoms with E-state index >= 15 is 0 Å². The largest absolute Gasteiger partial charge is 0.369 e. The number of hydrogen-bond acceptors (Lipinski definition) is 4. The number of halogens is 1. The van der Waals surface area contributed by atoms with E-state index in [-0.39, 0.29) is 18.2 Å². The van der Waals surface area contributed by atoms with Gasteiger partial charge in [-0.25, -0.2) is 0 Å². The lowest BCUT2D eigenvalue weighted by Gasteiger charge is -2.33. The molecule has 9 heteroatoms. The minimum absolute atomic E-state index is 0.108. The fraction of sp³-hybridized carbons (Fsp3) is 0.474. The van der Waals surface area contributed by atoms with Gasteiger partial charge in [-0.05, 0) is 39.0 Å². The average molecular weight is 406 g/mol. The topological polar surface area (TPSA) is 126 Å². The summed E-state index contributed by atoms with van der Waals surface area (Å²) < 4.78 is 0. The average Bonchev–Trinajstić information content (AvgIpc) is 3.12. The molecule has 2 saturated heterocycles. The molecule has 1 aromatic carbocycles. The summed E-state index contributed by atoms with van der Waals surface area (Å²) in [5, 5.41) is 4.89. The van der Waals surface area contributed by atoms with Crippen molar-refractivity contribution in [1.82, 2.24) is 4.90 Å². The van der Waals surface area contributed by atoms with Crippen LogP contribution in [0.3, 0.4) is 0 Å². The van der Waals surface area contributed by atoms with Crippen molar-refractivity contribution >= 4 is 40.9 Å². The summed E-state index contributed by atoms with van der Waals surface area (Å²) >= 11 is 6.17. The lowest BCUT2D eigenvalue weighted by Crippen LogP contribution is -2.99. The van der Waals surface area contributed by atoms with E-state index in [1.165, 1.54) is 4.90 Å². The fourth-order valence-electron chi connectivity index (χ4n) is 5.02. The number of amides is 4. The first-order valence-corrected chi connectivity index (χ1v) is 9.50. The van der Waals surface area contributed by atoms with Crippen LogP contribution in [0.5, 0.6) is 0 Å². The zero-order valence-electron chi connectivity index (χ0n) is 15.8. The Kier molecular flexibility index (Phi) is 3.90. The van der Waals surface area contributed by atoms with E-state index in [1.807, 2.05) is 0 Å². The third kappa shape index (κ3) is 2.34. The Balaban J connectivity index is 1.92. The number of nitrogens with one attached hydrogen (secondary N) is 1. The summed E-state index contributed by atoms with van der Waals surface area (Å²) in [5.41, 5.74) is 4.42. The Morgan fingerprint density at radius 3 is 2.57 bits per heavy atom. The summed E-state index contributed by atoms with van der Waals surface area (Å²) in [6.07, 6.45) is -0.108. The number of carbonyl (C=O) groups is 4. The van der Waals surface area contributed by atoms with Crippen LogP contribution in [-0.4, -0.2) is 40.1 Å². The summed E-state index contributed by atoms with van der Waals surface area (Å²) in [6, 6.07) is 4.36. The van der Waals surface area contributed by atoms with Crippen LogP contribution in [0.15, 0.2) is 18.2 Å². The Morgan fingerprint density at radius 1 is 1.29 bits per heavy atom. The number of anilines is 1. The van der Waals surface area contributed by atoms with E-state index in [1.54, 1.807) is 44.3 Å². The van der Waals surface area contributed by atoms with Crippen molar-refractivity contribution in [3.8, 4) is 0 Å². The molecule has 0 aromatic heterocycles. The lowest BCUT2D eigenvalue weighted by molar-refractivity contribution is -0.732. The number of rotatable bonds is 2. The van der Waals surface area contributed by atoms with Crippen molar-refractivity contribution < 1.29 is 24.5 Å². The number of primary amides is 1. The number of carbonyl (C=O) groups excluding carboxylic acids is 4. The van der Waals surface area contributed by atoms with Gasteiger partial charge in [0.25, 0.3) is 5.91 Å². The predicted octanol–water partition coefficient (Wildman–Crippen LogP) is -0.292. The van der Waals surface area contributed by atoms with Crippen LogP contribution in [0.2, 0.25) is 5.02 Å². The van der Waals surface area contributed by atoms with Crippen LogP contribution in [0, 0.1) is 11.8 Å². The van der Waals surface area contributed by atoms with Crippen molar-refractivity contribution in [1.29, 1.82) is 0 Å². The Hall–Kier alpha value is -2.45. The molecule has 0 bridgehead atoms. The zero-order valence-corrected chi connectivity index (χ0v) is 16.5. The molecule has 0 radical (unpaired) electrons. The number of fused-ring (bicyclic) bond motifs is 4. The second kappa shape index (κ2) is 5.78. The summed E-state index contributed by atoms with van der Waals surface area (Å²) in [6.45, 7) is 5.30. The fourth-order valence-corrected chi connectivity index (χ4v) is 5.19. The van der Waals surface area contributed by atoms with E-state index in [2.05, 4.69) is 5.32 Å². The molecule has 2 fully saturated rings. The number of nitrogens with zero attached hydrogens (tertiary/aromatic N) is 1. The molecule has 0 saturated carbocycles. The summed E-state index contributed by atoms with van der Waals surface area (Å²) in [4.78, 5) is 52.7. The maximum absolute atomic E-state index is 13.4. The van der Waals surface area contributed by atoms with E-state index in [0.29, 0.717) is 16.3 Å². The molecule has 8 nitrogen and oxygen atoms in total. The molecule has 3 heterocycles. The first-order valence-electron chi connectivity index (χ1n) is 9.12. The minimum Gasteiger partial charge on any atom is -0.369 e. The van der Waals surface area contributed by atoms with E-state index in [4.69, 9.17) is 17.3 Å². The highest BCUT2D eigenvalue weighted by Gasteiger charge is 2.75. The second-order valence-corrected chi connectivity index (χ2v) is 9.14. The monoisotopic (exact) mass is 405 g/mol. The van der Waals surface area contributed by atoms with Gasteiger partial charge in [0, 0.05) is 16.1 Å². The molecule has 5 N–H and O–H groups in total. The van der Waals surface area contributed by atoms with E-state index in [9.17, 15) is 19.2 Å². The predicted molar refractivity (Wildman–Crippen MR) is 99.9 cm³/mol. The first kappa shape index (κ1) is 18.9. The number of imide groups is 1. The number of quaternary nitrogens is 1. The molecule has 3 aliphatic rings. The van der Waals surface area contributed by atoms with Crippen LogP contribution < -0.4 is 16.4 Å². The van der Waals surface area contributed by atoms with Gasteiger partial charge in [-0.15, -0.1) is 0 Å². The standard InChI is InChI=1S/C19H21ClN4O4/c1-18(2,3)24-15(26)13-11(7-12(21)25)23-19(14(13)16(24)27)9-6-8(20)4-5-10(9)22-17(19)28/h4-6,11,13-14,23H,7H2,1-3H3,(H2,21,25)(H,22,28)/p+1/t11-,13+,14-,19+/m0/s1. The summed E-state index contributed by atoms with van der Waals surface area (Å²) in [5.74, 6) is -3.49. The Bertz CT molecular complexity index is 940. The van der Waals surface area contributed by atoms with Gasteiger partial charge in [0.15, 0.2) is 0 Å². The molecule has 1 aromatic rings. The molecule has 0 aliphatic carbocycles. The number of benzene rings is 1. The molecule has 4 atom stereocenters. The highest BCUT2D eigenvalue weighted by atomic mass is 35.5. The molecule has 1 spiro atoms. The normalized spacial score (nSPS) is 31.4. The van der Waals surface area contributed by atoms with Gasteiger partial charge in [0.2, 0.25) is 23.3 Å². The molecule has 148 valence electrons. The lowest BCUT2D eigenvalue weighted by atomic mass is 9.76. The molecule has 0 unspecified atom stereocenters. The molecule has 4 amide bonds.